The molecule has 1 aromatic carbocycles. The van der Waals surface area contributed by atoms with E-state index in [1.54, 1.807) is 7.11 Å². The van der Waals surface area contributed by atoms with Crippen molar-refractivity contribution in [3.63, 3.8) is 0 Å². The second-order valence-corrected chi connectivity index (χ2v) is 4.23. The average Bonchev–Trinajstić information content (AvgIpc) is 2.42. The van der Waals surface area contributed by atoms with Crippen molar-refractivity contribution in [2.75, 3.05) is 12.4 Å². The lowest BCUT2D eigenvalue weighted by atomic mass is 10.3. The molecule has 0 aliphatic heterocycles. The lowest BCUT2D eigenvalue weighted by molar-refractivity contribution is 0.412. The zero-order valence-electron chi connectivity index (χ0n) is 9.51. The molecule has 0 saturated carbocycles. The van der Waals surface area contributed by atoms with Gasteiger partial charge in [-0.2, -0.15) is 5.26 Å². The molecule has 0 spiro atoms. The number of rotatable bonds is 3. The summed E-state index contributed by atoms with van der Waals surface area (Å²) in [6.07, 6.45) is 2.92. The summed E-state index contributed by atoms with van der Waals surface area (Å²) < 4.78 is 6.07. The number of aromatic nitrogens is 2. The molecule has 0 radical (unpaired) electrons. The van der Waals surface area contributed by atoms with Crippen molar-refractivity contribution in [1.82, 2.24) is 9.97 Å². The maximum atomic E-state index is 8.62. The topological polar surface area (TPSA) is 70.8 Å². The average molecular weight is 305 g/mol. The minimum atomic E-state index is 0.286. The van der Waals surface area contributed by atoms with Crippen molar-refractivity contribution in [2.45, 2.75) is 0 Å². The lowest BCUT2D eigenvalue weighted by Gasteiger charge is -2.08. The molecule has 0 atom stereocenters. The molecule has 90 valence electrons. The number of methoxy groups -OCH3 is 1. The van der Waals surface area contributed by atoms with Crippen LogP contribution in [0.5, 0.6) is 5.75 Å². The van der Waals surface area contributed by atoms with Crippen LogP contribution >= 0.6 is 15.9 Å². The van der Waals surface area contributed by atoms with E-state index in [1.807, 2.05) is 24.3 Å². The zero-order valence-corrected chi connectivity index (χ0v) is 11.1. The van der Waals surface area contributed by atoms with E-state index in [9.17, 15) is 0 Å². The molecule has 0 bridgehead atoms. The highest BCUT2D eigenvalue weighted by molar-refractivity contribution is 9.10. The van der Waals surface area contributed by atoms with E-state index in [2.05, 4.69) is 31.2 Å². The summed E-state index contributed by atoms with van der Waals surface area (Å²) in [5.41, 5.74) is 1.11. The first-order chi connectivity index (χ1) is 8.72. The Morgan fingerprint density at radius 2 is 2.17 bits per heavy atom. The fraction of sp³-hybridized carbons (Fsp3) is 0.0833. The Morgan fingerprint density at radius 1 is 1.33 bits per heavy atom. The molecule has 0 amide bonds. The maximum absolute atomic E-state index is 8.62. The predicted octanol–water partition coefficient (Wildman–Crippen LogP) is 2.86. The molecule has 1 aromatic heterocycles. The maximum Gasteiger partial charge on any atom is 0.158 e. The fourth-order valence-corrected chi connectivity index (χ4v) is 1.74. The van der Waals surface area contributed by atoms with Crippen LogP contribution in [0.1, 0.15) is 5.69 Å². The van der Waals surface area contributed by atoms with Crippen LogP contribution in [0.25, 0.3) is 0 Å². The highest BCUT2D eigenvalue weighted by Crippen LogP contribution is 2.28. The van der Waals surface area contributed by atoms with E-state index in [-0.39, 0.29) is 5.69 Å². The summed E-state index contributed by atoms with van der Waals surface area (Å²) in [4.78, 5) is 8.00. The van der Waals surface area contributed by atoms with Crippen LogP contribution in [0, 0.1) is 11.3 Å². The highest BCUT2D eigenvalue weighted by Gasteiger charge is 2.03. The smallest absolute Gasteiger partial charge is 0.158 e. The second-order valence-electron chi connectivity index (χ2n) is 3.37. The normalized spacial score (nSPS) is 9.61. The van der Waals surface area contributed by atoms with Gasteiger partial charge in [-0.15, -0.1) is 0 Å². The van der Waals surface area contributed by atoms with E-state index in [0.717, 1.165) is 15.9 Å². The Morgan fingerprint density at radius 3 is 2.78 bits per heavy atom. The van der Waals surface area contributed by atoms with Gasteiger partial charge >= 0.3 is 0 Å². The SMILES string of the molecule is COc1cc(Nc2cnc(C#N)cn2)ccc1Br. The fourth-order valence-electron chi connectivity index (χ4n) is 1.34. The number of halogens is 1. The van der Waals surface area contributed by atoms with Gasteiger partial charge in [-0.1, -0.05) is 0 Å². The van der Waals surface area contributed by atoms with Crippen LogP contribution in [0.3, 0.4) is 0 Å². The number of hydrogen-bond acceptors (Lipinski definition) is 5. The molecule has 0 fully saturated rings. The molecule has 1 N–H and O–H groups in total. The van der Waals surface area contributed by atoms with Crippen LogP contribution in [-0.2, 0) is 0 Å². The molecular weight excluding hydrogens is 296 g/mol. The molecule has 5 nitrogen and oxygen atoms in total. The number of hydrogen-bond donors (Lipinski definition) is 1. The van der Waals surface area contributed by atoms with Gasteiger partial charge in [-0.25, -0.2) is 9.97 Å². The number of anilines is 2. The van der Waals surface area contributed by atoms with Gasteiger partial charge in [-0.05, 0) is 28.1 Å². The van der Waals surface area contributed by atoms with Crippen molar-refractivity contribution in [2.24, 2.45) is 0 Å². The van der Waals surface area contributed by atoms with Gasteiger partial charge in [0.25, 0.3) is 0 Å². The van der Waals surface area contributed by atoms with Crippen molar-refractivity contribution >= 4 is 27.4 Å². The number of benzene rings is 1. The second kappa shape index (κ2) is 5.47. The molecule has 0 unspecified atom stereocenters. The Hall–Kier alpha value is -2.13. The van der Waals surface area contributed by atoms with Crippen LogP contribution < -0.4 is 10.1 Å². The van der Waals surface area contributed by atoms with Crippen LogP contribution in [0.2, 0.25) is 0 Å². The molecule has 1 heterocycles. The summed E-state index contributed by atoms with van der Waals surface area (Å²) in [6.45, 7) is 0. The number of nitrogens with one attached hydrogen (secondary N) is 1. The first kappa shape index (κ1) is 12.3. The molecule has 6 heteroatoms. The zero-order chi connectivity index (χ0) is 13.0. The lowest BCUT2D eigenvalue weighted by Crippen LogP contribution is -1.96. The summed E-state index contributed by atoms with van der Waals surface area (Å²) in [7, 11) is 1.60. The Labute approximate surface area is 113 Å². The number of nitrogens with zero attached hydrogens (tertiary/aromatic N) is 3. The van der Waals surface area contributed by atoms with Crippen molar-refractivity contribution < 1.29 is 4.74 Å². The van der Waals surface area contributed by atoms with E-state index >= 15 is 0 Å². The standard InChI is InChI=1S/C12H9BrN4O/c1-18-11-4-8(2-3-10(11)13)17-12-7-15-9(5-14)6-16-12/h2-4,6-7H,1H3,(H,16,17). The summed E-state index contributed by atoms with van der Waals surface area (Å²) >= 11 is 3.38. The molecule has 0 aliphatic rings. The van der Waals surface area contributed by atoms with Crippen LogP contribution in [-0.4, -0.2) is 17.1 Å². The first-order valence-corrected chi connectivity index (χ1v) is 5.85. The van der Waals surface area contributed by atoms with Gasteiger partial charge in [0.05, 0.1) is 24.0 Å². The van der Waals surface area contributed by atoms with Gasteiger partial charge < -0.3 is 10.1 Å². The van der Waals surface area contributed by atoms with Gasteiger partial charge in [0.1, 0.15) is 17.6 Å². The summed E-state index contributed by atoms with van der Waals surface area (Å²) in [6, 6.07) is 7.51. The minimum absolute atomic E-state index is 0.286. The summed E-state index contributed by atoms with van der Waals surface area (Å²) in [5.74, 6) is 1.29. The highest BCUT2D eigenvalue weighted by atomic mass is 79.9. The van der Waals surface area contributed by atoms with Gasteiger partial charge in [-0.3, -0.25) is 0 Å². The number of nitriles is 1. The van der Waals surface area contributed by atoms with Crippen LogP contribution in [0.15, 0.2) is 35.1 Å². The van der Waals surface area contributed by atoms with Crippen molar-refractivity contribution in [3.8, 4) is 11.8 Å². The third kappa shape index (κ3) is 2.76. The molecule has 18 heavy (non-hydrogen) atoms. The van der Waals surface area contributed by atoms with Gasteiger partial charge in [0, 0.05) is 11.8 Å². The van der Waals surface area contributed by atoms with Gasteiger partial charge in [0.2, 0.25) is 0 Å². The third-order valence-electron chi connectivity index (χ3n) is 2.19. The molecule has 0 saturated heterocycles. The molecule has 0 aliphatic carbocycles. The van der Waals surface area contributed by atoms with E-state index < -0.39 is 0 Å². The van der Waals surface area contributed by atoms with Crippen molar-refractivity contribution in [3.05, 3.63) is 40.8 Å². The Bertz CT molecular complexity index is 592. The molecule has 2 rings (SSSR count). The molecular formula is C12H9BrN4O. The predicted molar refractivity (Wildman–Crippen MR) is 70.7 cm³/mol. The number of ether oxygens (including phenoxy) is 1. The van der Waals surface area contributed by atoms with Crippen molar-refractivity contribution in [1.29, 1.82) is 5.26 Å². The monoisotopic (exact) mass is 304 g/mol. The van der Waals surface area contributed by atoms with Crippen LogP contribution in [0.4, 0.5) is 11.5 Å². The van der Waals surface area contributed by atoms with E-state index in [1.165, 1.54) is 12.4 Å². The van der Waals surface area contributed by atoms with E-state index in [0.29, 0.717) is 5.82 Å². The minimum Gasteiger partial charge on any atom is -0.495 e. The van der Waals surface area contributed by atoms with Gasteiger partial charge in [0.15, 0.2) is 5.69 Å². The summed E-state index contributed by atoms with van der Waals surface area (Å²) in [5, 5.41) is 11.7. The van der Waals surface area contributed by atoms with E-state index in [4.69, 9.17) is 10.00 Å². The molecule has 2 aromatic rings. The Balaban J connectivity index is 2.20. The largest absolute Gasteiger partial charge is 0.495 e. The quantitative estimate of drug-likeness (QED) is 0.944. The first-order valence-electron chi connectivity index (χ1n) is 5.05. The Kier molecular flexibility index (Phi) is 3.75. The third-order valence-corrected chi connectivity index (χ3v) is 2.85.